The number of nitriles is 1. The first-order chi connectivity index (χ1) is 11.1. The Hall–Kier alpha value is -2.85. The lowest BCUT2D eigenvalue weighted by Crippen LogP contribution is -2.32. The Morgan fingerprint density at radius 2 is 2.17 bits per heavy atom. The summed E-state index contributed by atoms with van der Waals surface area (Å²) in [6, 6.07) is 8.95. The van der Waals surface area contributed by atoms with E-state index in [0.29, 0.717) is 11.3 Å². The van der Waals surface area contributed by atoms with E-state index in [4.69, 9.17) is 5.11 Å². The molecule has 0 saturated carbocycles. The van der Waals surface area contributed by atoms with Crippen LogP contribution in [0.2, 0.25) is 0 Å². The first-order valence-corrected chi connectivity index (χ1v) is 7.00. The zero-order chi connectivity index (χ0) is 17.0. The summed E-state index contributed by atoms with van der Waals surface area (Å²) < 4.78 is 4.63. The third-order valence-corrected chi connectivity index (χ3v) is 3.67. The lowest BCUT2D eigenvalue weighted by Gasteiger charge is -2.18. The van der Waals surface area contributed by atoms with Crippen LogP contribution < -0.4 is 10.2 Å². The van der Waals surface area contributed by atoms with Gasteiger partial charge in [0.05, 0.1) is 19.4 Å². The van der Waals surface area contributed by atoms with E-state index in [2.05, 4.69) is 10.1 Å². The van der Waals surface area contributed by atoms with Crippen LogP contribution in [0.4, 0.5) is 5.69 Å². The van der Waals surface area contributed by atoms with E-state index >= 15 is 0 Å². The van der Waals surface area contributed by atoms with Crippen LogP contribution in [0.3, 0.4) is 0 Å². The molecule has 1 aromatic carbocycles. The predicted octanol–water partition coefficient (Wildman–Crippen LogP) is 0.279. The summed E-state index contributed by atoms with van der Waals surface area (Å²) in [5, 5.41) is 21.2. The van der Waals surface area contributed by atoms with Crippen molar-refractivity contribution in [2.45, 2.75) is 5.92 Å². The lowest BCUT2D eigenvalue weighted by atomic mass is 9.94. The van der Waals surface area contributed by atoms with Crippen LogP contribution in [0.5, 0.6) is 0 Å². The molecule has 1 amide bonds. The van der Waals surface area contributed by atoms with Crippen molar-refractivity contribution in [1.82, 2.24) is 5.32 Å². The second-order valence-electron chi connectivity index (χ2n) is 4.93. The number of para-hydroxylation sites is 1. The highest BCUT2D eigenvalue weighted by Gasteiger charge is 2.39. The molecule has 7 nitrogen and oxygen atoms in total. The highest BCUT2D eigenvalue weighted by atomic mass is 16.5. The summed E-state index contributed by atoms with van der Waals surface area (Å²) >= 11 is 0. The molecule has 1 heterocycles. The average Bonchev–Trinajstić information content (AvgIpc) is 2.83. The topological polar surface area (TPSA) is 103 Å². The highest BCUT2D eigenvalue weighted by molar-refractivity contribution is 6.08. The molecule has 2 N–H and O–H groups in total. The number of methoxy groups -OCH3 is 1. The zero-order valence-corrected chi connectivity index (χ0v) is 12.9. The van der Waals surface area contributed by atoms with Gasteiger partial charge in [0.25, 0.3) is 0 Å². The highest BCUT2D eigenvalue weighted by Crippen LogP contribution is 2.40. The number of ether oxygens (including phenoxy) is 1. The third-order valence-electron chi connectivity index (χ3n) is 3.67. The fraction of sp³-hybridized carbons (Fsp3) is 0.312. The van der Waals surface area contributed by atoms with Crippen LogP contribution in [-0.4, -0.2) is 44.3 Å². The molecule has 7 heteroatoms. The minimum atomic E-state index is -0.826. The van der Waals surface area contributed by atoms with Crippen molar-refractivity contribution in [3.63, 3.8) is 0 Å². The van der Waals surface area contributed by atoms with Gasteiger partial charge in [0.15, 0.2) is 5.57 Å². The summed E-state index contributed by atoms with van der Waals surface area (Å²) in [4.78, 5) is 26.0. The summed E-state index contributed by atoms with van der Waals surface area (Å²) in [5.41, 5.74) is 1.28. The number of rotatable bonds is 5. The third kappa shape index (κ3) is 2.89. The van der Waals surface area contributed by atoms with E-state index in [1.165, 1.54) is 12.0 Å². The molecule has 0 radical (unpaired) electrons. The number of aliphatic hydroxyl groups excluding tert-OH is 1. The minimum Gasteiger partial charge on any atom is -0.465 e. The van der Waals surface area contributed by atoms with Crippen LogP contribution in [0.1, 0.15) is 11.5 Å². The molecule has 0 saturated heterocycles. The molecule has 1 unspecified atom stereocenters. The number of amides is 1. The molecule has 0 spiro atoms. The van der Waals surface area contributed by atoms with E-state index in [1.54, 1.807) is 37.4 Å². The lowest BCUT2D eigenvalue weighted by molar-refractivity contribution is -0.135. The van der Waals surface area contributed by atoms with Crippen molar-refractivity contribution < 1.29 is 19.4 Å². The molecule has 2 rings (SSSR count). The molecule has 0 bridgehead atoms. The number of nitrogens with zero attached hydrogens (tertiary/aromatic N) is 2. The van der Waals surface area contributed by atoms with Crippen LogP contribution in [0, 0.1) is 11.3 Å². The normalized spacial score (nSPS) is 17.2. The minimum absolute atomic E-state index is 0.104. The van der Waals surface area contributed by atoms with Gasteiger partial charge in [-0.25, -0.2) is 4.79 Å². The molecule has 1 aliphatic heterocycles. The van der Waals surface area contributed by atoms with Gasteiger partial charge in [-0.15, -0.1) is 0 Å². The fourth-order valence-electron chi connectivity index (χ4n) is 2.60. The van der Waals surface area contributed by atoms with Gasteiger partial charge in [0.1, 0.15) is 12.0 Å². The van der Waals surface area contributed by atoms with Crippen molar-refractivity contribution in [2.24, 2.45) is 0 Å². The van der Waals surface area contributed by atoms with E-state index in [1.807, 2.05) is 0 Å². The Morgan fingerprint density at radius 3 is 2.78 bits per heavy atom. The molecule has 120 valence electrons. The van der Waals surface area contributed by atoms with Gasteiger partial charge in [-0.3, -0.25) is 4.79 Å². The monoisotopic (exact) mass is 315 g/mol. The maximum Gasteiger partial charge on any atom is 0.350 e. The van der Waals surface area contributed by atoms with Gasteiger partial charge in [-0.05, 0) is 11.6 Å². The van der Waals surface area contributed by atoms with Gasteiger partial charge >= 0.3 is 5.97 Å². The number of anilines is 1. The number of carbonyl (C=O) groups is 2. The van der Waals surface area contributed by atoms with Gasteiger partial charge in [-0.2, -0.15) is 5.26 Å². The Kier molecular flexibility index (Phi) is 4.98. The predicted molar refractivity (Wildman–Crippen MR) is 82.3 cm³/mol. The van der Waals surface area contributed by atoms with Crippen molar-refractivity contribution >= 4 is 17.6 Å². The van der Waals surface area contributed by atoms with Crippen LogP contribution in [-0.2, 0) is 14.3 Å². The summed E-state index contributed by atoms with van der Waals surface area (Å²) in [5.74, 6) is -1.90. The number of hydrogen-bond donors (Lipinski definition) is 2. The van der Waals surface area contributed by atoms with Crippen LogP contribution >= 0.6 is 0 Å². The number of hydrogen-bond acceptors (Lipinski definition) is 6. The van der Waals surface area contributed by atoms with Crippen molar-refractivity contribution in [1.29, 1.82) is 5.26 Å². The first kappa shape index (κ1) is 16.5. The van der Waals surface area contributed by atoms with E-state index in [-0.39, 0.29) is 30.3 Å². The van der Waals surface area contributed by atoms with Crippen LogP contribution in [0.15, 0.2) is 35.5 Å². The average molecular weight is 315 g/mol. The molecular weight excluding hydrogens is 298 g/mol. The molecular formula is C16H17N3O4. The molecule has 0 fully saturated rings. The summed E-state index contributed by atoms with van der Waals surface area (Å²) in [6.07, 6.45) is 0. The van der Waals surface area contributed by atoms with Gasteiger partial charge < -0.3 is 20.1 Å². The molecule has 0 aliphatic carbocycles. The fourth-order valence-corrected chi connectivity index (χ4v) is 2.60. The molecule has 1 atom stereocenters. The van der Waals surface area contributed by atoms with E-state index < -0.39 is 11.9 Å². The second kappa shape index (κ2) is 6.94. The number of likely N-dealkylation sites (N-methyl/N-ethyl adjacent to an activating group) is 1. The SMILES string of the molecule is COC(=O)/C(C#N)=C(\NCCO)C1C(=O)N(C)c2ccccc21. The number of benzene rings is 1. The number of aliphatic hydroxyl groups is 1. The summed E-state index contributed by atoms with van der Waals surface area (Å²) in [7, 11) is 2.80. The number of esters is 1. The van der Waals surface area contributed by atoms with Gasteiger partial charge in [0, 0.05) is 19.3 Å². The van der Waals surface area contributed by atoms with Crippen molar-refractivity contribution in [2.75, 3.05) is 32.2 Å². The summed E-state index contributed by atoms with van der Waals surface area (Å²) in [6.45, 7) is -0.102. The first-order valence-electron chi connectivity index (χ1n) is 7.00. The molecule has 1 aromatic rings. The zero-order valence-electron chi connectivity index (χ0n) is 12.9. The molecule has 0 aromatic heterocycles. The smallest absolute Gasteiger partial charge is 0.350 e. The molecule has 1 aliphatic rings. The van der Waals surface area contributed by atoms with Gasteiger partial charge in [-0.1, -0.05) is 18.2 Å². The van der Waals surface area contributed by atoms with Gasteiger partial charge in [0.2, 0.25) is 5.91 Å². The van der Waals surface area contributed by atoms with Crippen LogP contribution in [0.25, 0.3) is 0 Å². The second-order valence-corrected chi connectivity index (χ2v) is 4.93. The number of fused-ring (bicyclic) bond motifs is 1. The Bertz CT molecular complexity index is 706. The Labute approximate surface area is 133 Å². The standard InChI is InChI=1S/C16H17N3O4/c1-19-12-6-4-3-5-10(12)13(15(19)21)14(18-7-8-20)11(9-17)16(22)23-2/h3-6,13,18,20H,7-8H2,1-2H3/b14-11-. The van der Waals surface area contributed by atoms with E-state index in [0.717, 1.165) is 0 Å². The quantitative estimate of drug-likeness (QED) is 0.459. The Balaban J connectivity index is 2.61. The maximum atomic E-state index is 12.6. The number of nitrogens with one attached hydrogen (secondary N) is 1. The van der Waals surface area contributed by atoms with Crippen molar-refractivity contribution in [3.8, 4) is 6.07 Å². The van der Waals surface area contributed by atoms with Crippen molar-refractivity contribution in [3.05, 3.63) is 41.1 Å². The number of carbonyl (C=O) groups excluding carboxylic acids is 2. The largest absolute Gasteiger partial charge is 0.465 e. The van der Waals surface area contributed by atoms with E-state index in [9.17, 15) is 14.9 Å². The maximum absolute atomic E-state index is 12.6. The molecule has 23 heavy (non-hydrogen) atoms. The Morgan fingerprint density at radius 1 is 1.48 bits per heavy atom.